The number of rotatable bonds is 4. The lowest BCUT2D eigenvalue weighted by Gasteiger charge is -2.34. The van der Waals surface area contributed by atoms with Crippen molar-refractivity contribution in [3.63, 3.8) is 0 Å². The van der Waals surface area contributed by atoms with Crippen LogP contribution in [0.5, 0.6) is 5.75 Å². The van der Waals surface area contributed by atoms with Crippen LogP contribution in [-0.2, 0) is 22.9 Å². The van der Waals surface area contributed by atoms with Gasteiger partial charge in [0.05, 0.1) is 12.8 Å². The second kappa shape index (κ2) is 7.33. The van der Waals surface area contributed by atoms with Gasteiger partial charge in [-0.2, -0.15) is 9.40 Å². The molecule has 0 N–H and O–H groups in total. The van der Waals surface area contributed by atoms with E-state index in [-0.39, 0.29) is 4.90 Å². The van der Waals surface area contributed by atoms with Gasteiger partial charge in [-0.15, -0.1) is 5.10 Å². The quantitative estimate of drug-likeness (QED) is 0.780. The van der Waals surface area contributed by atoms with Crippen molar-refractivity contribution in [1.82, 2.24) is 14.5 Å². The minimum Gasteiger partial charge on any atom is -0.495 e. The highest BCUT2D eigenvalue weighted by Gasteiger charge is 2.32. The molecule has 0 atom stereocenters. The van der Waals surface area contributed by atoms with Crippen molar-refractivity contribution in [3.05, 3.63) is 40.6 Å². The SMILES string of the molecule is COc1cc(C)c(C)cc1S(=O)(=O)N1CCN(c2cc3c(nn2)CCC3)CC1. The summed E-state index contributed by atoms with van der Waals surface area (Å²) in [6.07, 6.45) is 3.20. The number of ether oxygens (including phenoxy) is 1. The second-order valence-corrected chi connectivity index (χ2v) is 9.41. The van der Waals surface area contributed by atoms with E-state index in [1.54, 1.807) is 12.1 Å². The summed E-state index contributed by atoms with van der Waals surface area (Å²) in [6.45, 7) is 5.89. The van der Waals surface area contributed by atoms with E-state index in [0.717, 1.165) is 41.9 Å². The molecular weight excluding hydrogens is 376 g/mol. The molecule has 0 bridgehead atoms. The third-order valence-corrected chi connectivity index (χ3v) is 7.69. The summed E-state index contributed by atoms with van der Waals surface area (Å²) in [5.74, 6) is 1.25. The second-order valence-electron chi connectivity index (χ2n) is 7.51. The fourth-order valence-electron chi connectivity index (χ4n) is 3.89. The van der Waals surface area contributed by atoms with E-state index >= 15 is 0 Å². The van der Waals surface area contributed by atoms with Gasteiger partial charge in [0.25, 0.3) is 0 Å². The van der Waals surface area contributed by atoms with Gasteiger partial charge in [0.2, 0.25) is 10.0 Å². The standard InChI is InChI=1S/C20H26N4O3S/c1-14-11-18(27-3)19(12-15(14)2)28(25,26)24-9-7-23(8-10-24)20-13-16-5-4-6-17(16)21-22-20/h11-13H,4-10H2,1-3H3. The smallest absolute Gasteiger partial charge is 0.246 e. The van der Waals surface area contributed by atoms with E-state index in [0.29, 0.717) is 31.9 Å². The number of sulfonamides is 1. The van der Waals surface area contributed by atoms with Crippen molar-refractivity contribution in [2.75, 3.05) is 38.2 Å². The van der Waals surface area contributed by atoms with Crippen molar-refractivity contribution in [2.24, 2.45) is 0 Å². The summed E-state index contributed by atoms with van der Waals surface area (Å²) in [4.78, 5) is 2.36. The van der Waals surface area contributed by atoms with Gasteiger partial charge in [0.15, 0.2) is 5.82 Å². The van der Waals surface area contributed by atoms with E-state index in [1.807, 2.05) is 13.8 Å². The average Bonchev–Trinajstić information content (AvgIpc) is 3.17. The third kappa shape index (κ3) is 3.35. The lowest BCUT2D eigenvalue weighted by molar-refractivity contribution is 0.373. The fourth-order valence-corrected chi connectivity index (χ4v) is 5.54. The van der Waals surface area contributed by atoms with Crippen molar-refractivity contribution in [1.29, 1.82) is 0 Å². The minimum atomic E-state index is -3.61. The first-order valence-corrected chi connectivity index (χ1v) is 11.1. The topological polar surface area (TPSA) is 75.6 Å². The molecule has 1 saturated heterocycles. The zero-order chi connectivity index (χ0) is 19.9. The number of aromatic nitrogens is 2. The summed E-state index contributed by atoms with van der Waals surface area (Å²) < 4.78 is 33.3. The Labute approximate surface area is 166 Å². The average molecular weight is 403 g/mol. The number of hydrogen-bond acceptors (Lipinski definition) is 6. The van der Waals surface area contributed by atoms with Crippen LogP contribution < -0.4 is 9.64 Å². The van der Waals surface area contributed by atoms with E-state index in [4.69, 9.17) is 4.74 Å². The Balaban J connectivity index is 1.52. The van der Waals surface area contributed by atoms with Gasteiger partial charge in [-0.1, -0.05) is 0 Å². The largest absolute Gasteiger partial charge is 0.495 e. The number of benzene rings is 1. The predicted molar refractivity (Wildman–Crippen MR) is 107 cm³/mol. The number of fused-ring (bicyclic) bond motifs is 1. The summed E-state index contributed by atoms with van der Waals surface area (Å²) in [5.41, 5.74) is 4.33. The molecule has 4 rings (SSSR count). The summed E-state index contributed by atoms with van der Waals surface area (Å²) in [6, 6.07) is 5.62. The van der Waals surface area contributed by atoms with Crippen LogP contribution in [0.3, 0.4) is 0 Å². The van der Waals surface area contributed by atoms with Gasteiger partial charge >= 0.3 is 0 Å². The lowest BCUT2D eigenvalue weighted by atomic mass is 10.1. The molecule has 7 nitrogen and oxygen atoms in total. The van der Waals surface area contributed by atoms with Gasteiger partial charge < -0.3 is 9.64 Å². The maximum atomic E-state index is 13.2. The number of piperazine rings is 1. The Bertz CT molecular complexity index is 999. The Kier molecular flexibility index (Phi) is 5.01. The highest BCUT2D eigenvalue weighted by atomic mass is 32.2. The molecule has 1 aliphatic heterocycles. The van der Waals surface area contributed by atoms with Crippen molar-refractivity contribution in [2.45, 2.75) is 38.0 Å². The van der Waals surface area contributed by atoms with Gasteiger partial charge in [-0.25, -0.2) is 8.42 Å². The Morgan fingerprint density at radius 3 is 2.39 bits per heavy atom. The molecular formula is C20H26N4O3S. The van der Waals surface area contributed by atoms with Gasteiger partial charge in [-0.05, 0) is 68.0 Å². The van der Waals surface area contributed by atoms with Crippen LogP contribution in [0.1, 0.15) is 28.8 Å². The van der Waals surface area contributed by atoms with Crippen LogP contribution >= 0.6 is 0 Å². The van der Waals surface area contributed by atoms with Crippen LogP contribution in [0, 0.1) is 13.8 Å². The summed E-state index contributed by atoms with van der Waals surface area (Å²) in [7, 11) is -2.11. The van der Waals surface area contributed by atoms with Gasteiger partial charge in [0, 0.05) is 26.2 Å². The molecule has 1 fully saturated rings. The number of methoxy groups -OCH3 is 1. The van der Waals surface area contributed by atoms with Crippen LogP contribution in [0.2, 0.25) is 0 Å². The van der Waals surface area contributed by atoms with Crippen LogP contribution in [0.4, 0.5) is 5.82 Å². The number of anilines is 1. The lowest BCUT2D eigenvalue weighted by Crippen LogP contribution is -2.49. The van der Waals surface area contributed by atoms with E-state index in [2.05, 4.69) is 21.2 Å². The number of nitrogens with zero attached hydrogens (tertiary/aromatic N) is 4. The third-order valence-electron chi connectivity index (χ3n) is 5.77. The van der Waals surface area contributed by atoms with Crippen molar-refractivity contribution in [3.8, 4) is 5.75 Å². The highest BCUT2D eigenvalue weighted by molar-refractivity contribution is 7.89. The molecule has 0 saturated carbocycles. The molecule has 2 heterocycles. The molecule has 1 aromatic heterocycles. The van der Waals surface area contributed by atoms with Crippen LogP contribution in [0.25, 0.3) is 0 Å². The maximum absolute atomic E-state index is 13.2. The molecule has 1 aliphatic carbocycles. The Morgan fingerprint density at radius 2 is 1.68 bits per heavy atom. The van der Waals surface area contributed by atoms with Crippen LogP contribution in [-0.4, -0.2) is 56.2 Å². The van der Waals surface area contributed by atoms with E-state index in [9.17, 15) is 8.42 Å². The van der Waals surface area contributed by atoms with E-state index < -0.39 is 10.0 Å². The fraction of sp³-hybridized carbons (Fsp3) is 0.500. The summed E-state index contributed by atoms with van der Waals surface area (Å²) >= 11 is 0. The molecule has 1 aromatic carbocycles. The molecule has 0 spiro atoms. The minimum absolute atomic E-state index is 0.240. The molecule has 0 unspecified atom stereocenters. The summed E-state index contributed by atoms with van der Waals surface area (Å²) in [5, 5.41) is 8.71. The van der Waals surface area contributed by atoms with Gasteiger partial charge in [0.1, 0.15) is 10.6 Å². The molecule has 28 heavy (non-hydrogen) atoms. The maximum Gasteiger partial charge on any atom is 0.246 e. The number of aryl methyl sites for hydroxylation is 4. The monoisotopic (exact) mass is 402 g/mol. The Morgan fingerprint density at radius 1 is 0.964 bits per heavy atom. The first-order valence-electron chi connectivity index (χ1n) is 9.66. The zero-order valence-corrected chi connectivity index (χ0v) is 17.4. The zero-order valence-electron chi connectivity index (χ0n) is 16.6. The first kappa shape index (κ1) is 19.1. The van der Waals surface area contributed by atoms with Gasteiger partial charge in [-0.3, -0.25) is 0 Å². The van der Waals surface area contributed by atoms with Crippen molar-refractivity contribution < 1.29 is 13.2 Å². The highest BCUT2D eigenvalue weighted by Crippen LogP contribution is 2.31. The Hall–Kier alpha value is -2.19. The molecule has 8 heteroatoms. The van der Waals surface area contributed by atoms with Crippen molar-refractivity contribution >= 4 is 15.8 Å². The van der Waals surface area contributed by atoms with E-state index in [1.165, 1.54) is 17.0 Å². The predicted octanol–water partition coefficient (Wildman–Crippen LogP) is 2.10. The normalized spacial score (nSPS) is 17.6. The molecule has 0 amide bonds. The molecule has 2 aliphatic rings. The molecule has 0 radical (unpaired) electrons. The van der Waals surface area contributed by atoms with Crippen LogP contribution in [0.15, 0.2) is 23.1 Å². The number of hydrogen-bond donors (Lipinski definition) is 0. The molecule has 2 aromatic rings. The first-order chi connectivity index (χ1) is 13.4. The molecule has 150 valence electrons.